The van der Waals surface area contributed by atoms with Crippen molar-refractivity contribution in [1.82, 2.24) is 5.32 Å². The van der Waals surface area contributed by atoms with Gasteiger partial charge in [-0.05, 0) is 83.5 Å². The van der Waals surface area contributed by atoms with Gasteiger partial charge in [-0.3, -0.25) is 4.79 Å². The molecule has 0 aromatic rings. The average molecular weight is 1050 g/mol. The summed E-state index contributed by atoms with van der Waals surface area (Å²) in [5.41, 5.74) is 0. The lowest BCUT2D eigenvalue weighted by Gasteiger charge is -2.22. The van der Waals surface area contributed by atoms with E-state index in [9.17, 15) is 15.0 Å². The first-order valence-electron chi connectivity index (χ1n) is 33.1. The van der Waals surface area contributed by atoms with Crippen LogP contribution in [0.3, 0.4) is 0 Å². The maximum Gasteiger partial charge on any atom is 0.220 e. The Morgan fingerprint density at radius 2 is 0.579 bits per heavy atom. The quantitative estimate of drug-likeness (QED) is 0.0420. The van der Waals surface area contributed by atoms with Crippen LogP contribution in [0.4, 0.5) is 0 Å². The molecule has 1 amide bonds. The summed E-state index contributed by atoms with van der Waals surface area (Å²) in [4.78, 5) is 12.5. The molecule has 0 saturated carbocycles. The number of aliphatic hydroxyl groups excluding tert-OH is 2. The zero-order chi connectivity index (χ0) is 54.8. The van der Waals surface area contributed by atoms with Crippen LogP contribution in [0.5, 0.6) is 0 Å². The zero-order valence-electron chi connectivity index (χ0n) is 50.5. The second kappa shape index (κ2) is 66.3. The predicted molar refractivity (Wildman–Crippen MR) is 340 cm³/mol. The van der Waals surface area contributed by atoms with Crippen LogP contribution in [0.1, 0.15) is 322 Å². The Bertz CT molecular complexity index is 1430. The molecular formula is C72H127NO3. The summed E-state index contributed by atoms with van der Waals surface area (Å²) in [5.74, 6) is -0.0346. The number of carbonyl (C=O) groups is 1. The van der Waals surface area contributed by atoms with E-state index in [-0.39, 0.29) is 12.5 Å². The Kier molecular flexibility index (Phi) is 63.8. The van der Waals surface area contributed by atoms with Crippen LogP contribution in [0.2, 0.25) is 0 Å². The molecule has 0 fully saturated rings. The highest BCUT2D eigenvalue weighted by molar-refractivity contribution is 5.76. The molecule has 76 heavy (non-hydrogen) atoms. The highest BCUT2D eigenvalue weighted by Crippen LogP contribution is 2.18. The molecule has 0 heterocycles. The molecule has 438 valence electrons. The van der Waals surface area contributed by atoms with E-state index in [4.69, 9.17) is 0 Å². The van der Waals surface area contributed by atoms with Crippen LogP contribution in [-0.4, -0.2) is 34.9 Å². The summed E-state index contributed by atoms with van der Waals surface area (Å²) in [7, 11) is 0. The lowest BCUT2D eigenvalue weighted by atomic mass is 10.0. The smallest absolute Gasteiger partial charge is 0.220 e. The van der Waals surface area contributed by atoms with Gasteiger partial charge in [-0.2, -0.15) is 0 Å². The van der Waals surface area contributed by atoms with Gasteiger partial charge in [0.1, 0.15) is 0 Å². The number of nitrogens with one attached hydrogen (secondary N) is 1. The van der Waals surface area contributed by atoms with Crippen molar-refractivity contribution < 1.29 is 15.0 Å². The van der Waals surface area contributed by atoms with Crippen LogP contribution in [-0.2, 0) is 4.79 Å². The molecule has 4 heteroatoms. The van der Waals surface area contributed by atoms with Gasteiger partial charge >= 0.3 is 0 Å². The van der Waals surface area contributed by atoms with Crippen LogP contribution in [0, 0.1) is 0 Å². The lowest BCUT2D eigenvalue weighted by molar-refractivity contribution is -0.123. The molecule has 0 aliphatic rings. The summed E-state index contributed by atoms with van der Waals surface area (Å²) >= 11 is 0. The lowest BCUT2D eigenvalue weighted by Crippen LogP contribution is -2.45. The van der Waals surface area contributed by atoms with Gasteiger partial charge in [0.15, 0.2) is 0 Å². The SMILES string of the molecule is CC/C=C\C/C=C\C/C=C\C/C=C\C/C=C\C/C=C\C/C=C\C/C=C\C/C=C\CCCCCCCCCCCCCC(=O)NC(CO)C(O)CCCCCCCCCCCCCCCCCCCCCCCCCCC. The Morgan fingerprint density at radius 1 is 0.329 bits per heavy atom. The van der Waals surface area contributed by atoms with E-state index in [1.165, 1.54) is 212 Å². The molecule has 0 aromatic carbocycles. The number of amides is 1. The molecule has 0 aliphatic carbocycles. The van der Waals surface area contributed by atoms with Crippen LogP contribution >= 0.6 is 0 Å². The molecule has 2 unspecified atom stereocenters. The van der Waals surface area contributed by atoms with E-state index >= 15 is 0 Å². The third kappa shape index (κ3) is 61.9. The summed E-state index contributed by atoms with van der Waals surface area (Å²) < 4.78 is 0. The highest BCUT2D eigenvalue weighted by atomic mass is 16.3. The number of allylic oxidation sites excluding steroid dienone is 18. The van der Waals surface area contributed by atoms with Gasteiger partial charge in [-0.15, -0.1) is 0 Å². The van der Waals surface area contributed by atoms with Gasteiger partial charge in [0, 0.05) is 6.42 Å². The number of hydrogen-bond acceptors (Lipinski definition) is 3. The maximum atomic E-state index is 12.5. The van der Waals surface area contributed by atoms with Gasteiger partial charge < -0.3 is 15.5 Å². The molecule has 0 saturated heterocycles. The summed E-state index contributed by atoms with van der Waals surface area (Å²) in [6.07, 6.45) is 99.7. The van der Waals surface area contributed by atoms with Crippen molar-refractivity contribution in [3.63, 3.8) is 0 Å². The minimum absolute atomic E-state index is 0.0346. The summed E-state index contributed by atoms with van der Waals surface area (Å²) in [6, 6.07) is -0.546. The fraction of sp³-hybridized carbons (Fsp3) is 0.736. The number of unbranched alkanes of at least 4 members (excludes halogenated alkanes) is 35. The molecule has 4 nitrogen and oxygen atoms in total. The van der Waals surface area contributed by atoms with E-state index in [2.05, 4.69) is 129 Å². The normalized spacial score (nSPS) is 13.5. The third-order valence-electron chi connectivity index (χ3n) is 14.8. The van der Waals surface area contributed by atoms with Crippen molar-refractivity contribution in [1.29, 1.82) is 0 Å². The molecule has 0 bridgehead atoms. The van der Waals surface area contributed by atoms with E-state index in [1.54, 1.807) is 0 Å². The Morgan fingerprint density at radius 3 is 0.868 bits per heavy atom. The largest absolute Gasteiger partial charge is 0.394 e. The molecule has 0 aliphatic heterocycles. The number of rotatable bonds is 60. The molecule has 0 rings (SSSR count). The van der Waals surface area contributed by atoms with E-state index in [1.807, 2.05) is 0 Å². The molecule has 3 N–H and O–H groups in total. The van der Waals surface area contributed by atoms with E-state index < -0.39 is 12.1 Å². The second-order valence-corrected chi connectivity index (χ2v) is 22.2. The standard InChI is InChI=1S/C72H127NO3/c1-3-5-7-9-11-13-15-17-19-21-23-25-27-29-30-31-32-33-34-35-36-37-38-39-40-41-42-44-46-48-50-52-54-56-58-60-62-64-66-68-72(76)73-70(69-74)71(75)67-65-63-61-59-57-55-53-51-49-47-45-43-28-26-24-22-20-18-16-14-12-10-8-6-4-2/h5,7,11,13,17,19,23,25,29-30,32-33,35-36,38-39,41-42,70-71,74-75H,3-4,6,8-10,12,14-16,18,20-22,24,26-28,31,34,37,40,43-69H2,1-2H3,(H,73,76)/b7-5-,13-11-,19-17-,25-23-,30-29-,33-32-,36-35-,39-38-,42-41-. The molecular weight excluding hydrogens is 927 g/mol. The number of hydrogen-bond donors (Lipinski definition) is 3. The van der Waals surface area contributed by atoms with Gasteiger partial charge in [0.25, 0.3) is 0 Å². The Hall–Kier alpha value is -2.95. The number of carbonyl (C=O) groups excluding carboxylic acids is 1. The fourth-order valence-corrected chi connectivity index (χ4v) is 9.83. The van der Waals surface area contributed by atoms with Crippen molar-refractivity contribution in [2.45, 2.75) is 334 Å². The summed E-state index contributed by atoms with van der Waals surface area (Å²) in [5, 5.41) is 23.4. The minimum atomic E-state index is -0.668. The Labute approximate surface area is 474 Å². The topological polar surface area (TPSA) is 69.6 Å². The van der Waals surface area contributed by atoms with Crippen molar-refractivity contribution in [3.05, 3.63) is 109 Å². The Balaban J connectivity index is 3.52. The first-order chi connectivity index (χ1) is 37.7. The van der Waals surface area contributed by atoms with Gasteiger partial charge in [0.2, 0.25) is 5.91 Å². The van der Waals surface area contributed by atoms with Crippen molar-refractivity contribution in [3.8, 4) is 0 Å². The second-order valence-electron chi connectivity index (χ2n) is 22.2. The van der Waals surface area contributed by atoms with Gasteiger partial charge in [0.05, 0.1) is 18.8 Å². The highest BCUT2D eigenvalue weighted by Gasteiger charge is 2.20. The fourth-order valence-electron chi connectivity index (χ4n) is 9.83. The van der Waals surface area contributed by atoms with Crippen LogP contribution in [0.25, 0.3) is 0 Å². The van der Waals surface area contributed by atoms with E-state index in [0.717, 1.165) is 83.5 Å². The molecule has 0 radical (unpaired) electrons. The van der Waals surface area contributed by atoms with Crippen molar-refractivity contribution in [2.24, 2.45) is 0 Å². The van der Waals surface area contributed by atoms with Crippen LogP contribution < -0.4 is 5.32 Å². The van der Waals surface area contributed by atoms with Gasteiger partial charge in [-0.25, -0.2) is 0 Å². The van der Waals surface area contributed by atoms with E-state index in [0.29, 0.717) is 12.8 Å². The van der Waals surface area contributed by atoms with Gasteiger partial charge in [-0.1, -0.05) is 342 Å². The predicted octanol–water partition coefficient (Wildman–Crippen LogP) is 22.6. The molecule has 2 atom stereocenters. The third-order valence-corrected chi connectivity index (χ3v) is 14.8. The first kappa shape index (κ1) is 73.0. The maximum absolute atomic E-state index is 12.5. The minimum Gasteiger partial charge on any atom is -0.394 e. The first-order valence-corrected chi connectivity index (χ1v) is 33.1. The zero-order valence-corrected chi connectivity index (χ0v) is 50.5. The molecule has 0 spiro atoms. The van der Waals surface area contributed by atoms with Crippen molar-refractivity contribution >= 4 is 5.91 Å². The van der Waals surface area contributed by atoms with Crippen molar-refractivity contribution in [2.75, 3.05) is 6.61 Å². The molecule has 0 aromatic heterocycles. The van der Waals surface area contributed by atoms with Crippen LogP contribution in [0.15, 0.2) is 109 Å². The average Bonchev–Trinajstić information content (AvgIpc) is 3.42. The summed E-state index contributed by atoms with van der Waals surface area (Å²) in [6.45, 7) is 4.27. The monoisotopic (exact) mass is 1050 g/mol. The number of aliphatic hydroxyl groups is 2.